The van der Waals surface area contributed by atoms with E-state index in [1.807, 2.05) is 0 Å². The SMILES string of the molecule is COc1cc(OC)c(C(=O)OC(C)C(=O)Nc2cccc(F)c2)cc1OC. The van der Waals surface area contributed by atoms with Crippen molar-refractivity contribution < 1.29 is 32.9 Å². The molecule has 0 fully saturated rings. The van der Waals surface area contributed by atoms with Crippen LogP contribution in [0.2, 0.25) is 0 Å². The Bertz CT molecular complexity index is 839. The smallest absolute Gasteiger partial charge is 0.342 e. The zero-order chi connectivity index (χ0) is 20.0. The van der Waals surface area contributed by atoms with Gasteiger partial charge in [0, 0.05) is 17.8 Å². The van der Waals surface area contributed by atoms with Gasteiger partial charge in [0.05, 0.1) is 21.3 Å². The minimum absolute atomic E-state index is 0.0700. The second kappa shape index (κ2) is 8.88. The van der Waals surface area contributed by atoms with Crippen LogP contribution in [0, 0.1) is 5.82 Å². The Balaban J connectivity index is 2.14. The number of carbonyl (C=O) groups is 2. The molecule has 27 heavy (non-hydrogen) atoms. The molecule has 0 aromatic heterocycles. The lowest BCUT2D eigenvalue weighted by atomic mass is 10.1. The summed E-state index contributed by atoms with van der Waals surface area (Å²) in [7, 11) is 4.26. The molecule has 7 nitrogen and oxygen atoms in total. The molecule has 0 saturated carbocycles. The Labute approximate surface area is 156 Å². The van der Waals surface area contributed by atoms with Gasteiger partial charge in [-0.05, 0) is 25.1 Å². The van der Waals surface area contributed by atoms with E-state index in [4.69, 9.17) is 18.9 Å². The van der Waals surface area contributed by atoms with Crippen LogP contribution in [-0.2, 0) is 9.53 Å². The quantitative estimate of drug-likeness (QED) is 0.747. The lowest BCUT2D eigenvalue weighted by molar-refractivity contribution is -0.123. The van der Waals surface area contributed by atoms with Crippen LogP contribution < -0.4 is 19.5 Å². The average Bonchev–Trinajstić information content (AvgIpc) is 2.66. The summed E-state index contributed by atoms with van der Waals surface area (Å²) < 4.78 is 33.9. The monoisotopic (exact) mass is 377 g/mol. The summed E-state index contributed by atoms with van der Waals surface area (Å²) in [5.74, 6) is -0.990. The van der Waals surface area contributed by atoms with E-state index in [-0.39, 0.29) is 17.0 Å². The number of methoxy groups -OCH3 is 3. The fourth-order valence-electron chi connectivity index (χ4n) is 2.28. The molecule has 2 aromatic carbocycles. The molecule has 144 valence electrons. The summed E-state index contributed by atoms with van der Waals surface area (Å²) in [6.07, 6.45) is -1.13. The van der Waals surface area contributed by atoms with Crippen molar-refractivity contribution in [2.24, 2.45) is 0 Å². The summed E-state index contributed by atoms with van der Waals surface area (Å²) in [6.45, 7) is 1.40. The van der Waals surface area contributed by atoms with Crippen molar-refractivity contribution in [3.63, 3.8) is 0 Å². The Morgan fingerprint density at radius 2 is 1.59 bits per heavy atom. The highest BCUT2D eigenvalue weighted by Gasteiger charge is 2.23. The first-order valence-corrected chi connectivity index (χ1v) is 7.97. The number of amides is 1. The van der Waals surface area contributed by atoms with Crippen LogP contribution in [0.1, 0.15) is 17.3 Å². The molecule has 0 bridgehead atoms. The molecule has 1 unspecified atom stereocenters. The van der Waals surface area contributed by atoms with Gasteiger partial charge in [0.15, 0.2) is 17.6 Å². The van der Waals surface area contributed by atoms with E-state index in [9.17, 15) is 14.0 Å². The number of rotatable bonds is 7. The highest BCUT2D eigenvalue weighted by atomic mass is 19.1. The van der Waals surface area contributed by atoms with Crippen molar-refractivity contribution in [3.8, 4) is 17.2 Å². The van der Waals surface area contributed by atoms with Crippen LogP contribution in [0.25, 0.3) is 0 Å². The summed E-state index contributed by atoms with van der Waals surface area (Å²) in [5, 5.41) is 2.48. The van der Waals surface area contributed by atoms with Crippen LogP contribution in [-0.4, -0.2) is 39.3 Å². The Morgan fingerprint density at radius 1 is 0.963 bits per heavy atom. The van der Waals surface area contributed by atoms with Gasteiger partial charge < -0.3 is 24.3 Å². The van der Waals surface area contributed by atoms with Gasteiger partial charge in [-0.2, -0.15) is 0 Å². The number of hydrogen-bond acceptors (Lipinski definition) is 6. The molecular weight excluding hydrogens is 357 g/mol. The number of ether oxygens (including phenoxy) is 4. The van der Waals surface area contributed by atoms with E-state index >= 15 is 0 Å². The van der Waals surface area contributed by atoms with Crippen molar-refractivity contribution in [2.75, 3.05) is 26.6 Å². The van der Waals surface area contributed by atoms with Gasteiger partial charge >= 0.3 is 5.97 Å². The summed E-state index contributed by atoms with van der Waals surface area (Å²) in [5.41, 5.74) is 0.326. The molecule has 8 heteroatoms. The number of halogens is 1. The molecule has 2 rings (SSSR count). The molecular formula is C19H20FNO6. The first kappa shape index (κ1) is 20.0. The molecule has 0 aliphatic rings. The third kappa shape index (κ3) is 4.87. The number of carbonyl (C=O) groups excluding carboxylic acids is 2. The molecule has 0 spiro atoms. The minimum atomic E-state index is -1.13. The zero-order valence-electron chi connectivity index (χ0n) is 15.4. The first-order chi connectivity index (χ1) is 12.9. The molecule has 1 atom stereocenters. The molecule has 1 amide bonds. The molecule has 0 aliphatic heterocycles. The lowest BCUT2D eigenvalue weighted by Gasteiger charge is -2.16. The predicted molar refractivity (Wildman–Crippen MR) is 96.0 cm³/mol. The second-order valence-corrected chi connectivity index (χ2v) is 5.45. The van der Waals surface area contributed by atoms with Crippen LogP contribution in [0.5, 0.6) is 17.2 Å². The molecule has 0 heterocycles. The summed E-state index contributed by atoms with van der Waals surface area (Å²) in [6, 6.07) is 8.26. The Kier molecular flexibility index (Phi) is 6.59. The standard InChI is InChI=1S/C19H20FNO6/c1-11(18(22)21-13-7-5-6-12(20)8-13)27-19(23)14-9-16(25-3)17(26-4)10-15(14)24-2/h5-11H,1-4H3,(H,21,22). The van der Waals surface area contributed by atoms with E-state index < -0.39 is 23.8 Å². The van der Waals surface area contributed by atoms with Crippen molar-refractivity contribution in [3.05, 3.63) is 47.8 Å². The maximum Gasteiger partial charge on any atom is 0.342 e. The highest BCUT2D eigenvalue weighted by Crippen LogP contribution is 2.35. The van der Waals surface area contributed by atoms with E-state index in [1.54, 1.807) is 0 Å². The average molecular weight is 377 g/mol. The van der Waals surface area contributed by atoms with Crippen LogP contribution in [0.4, 0.5) is 10.1 Å². The molecule has 0 aliphatic carbocycles. The summed E-state index contributed by atoms with van der Waals surface area (Å²) >= 11 is 0. The second-order valence-electron chi connectivity index (χ2n) is 5.45. The van der Waals surface area contributed by atoms with Gasteiger partial charge in [-0.15, -0.1) is 0 Å². The van der Waals surface area contributed by atoms with Gasteiger partial charge in [-0.1, -0.05) is 6.07 Å². The largest absolute Gasteiger partial charge is 0.496 e. The third-order valence-electron chi connectivity index (χ3n) is 3.67. The van der Waals surface area contributed by atoms with Gasteiger partial charge in [0.2, 0.25) is 0 Å². The number of nitrogens with one attached hydrogen (secondary N) is 1. The number of esters is 1. The normalized spacial score (nSPS) is 11.3. The maximum atomic E-state index is 13.2. The van der Waals surface area contributed by atoms with Crippen molar-refractivity contribution in [1.82, 2.24) is 0 Å². The number of hydrogen-bond donors (Lipinski definition) is 1. The van der Waals surface area contributed by atoms with E-state index in [0.717, 1.165) is 6.07 Å². The van der Waals surface area contributed by atoms with Crippen LogP contribution in [0.3, 0.4) is 0 Å². The number of benzene rings is 2. The maximum absolute atomic E-state index is 13.2. The van der Waals surface area contributed by atoms with Crippen LogP contribution >= 0.6 is 0 Å². The Morgan fingerprint density at radius 3 is 2.19 bits per heavy atom. The minimum Gasteiger partial charge on any atom is -0.496 e. The fourth-order valence-corrected chi connectivity index (χ4v) is 2.28. The molecule has 0 saturated heterocycles. The van der Waals surface area contributed by atoms with E-state index in [2.05, 4.69) is 5.32 Å². The highest BCUT2D eigenvalue weighted by molar-refractivity contribution is 5.98. The van der Waals surface area contributed by atoms with Crippen molar-refractivity contribution in [2.45, 2.75) is 13.0 Å². The number of anilines is 1. The van der Waals surface area contributed by atoms with Gasteiger partial charge in [0.1, 0.15) is 17.1 Å². The van der Waals surface area contributed by atoms with Gasteiger partial charge in [0.25, 0.3) is 5.91 Å². The van der Waals surface area contributed by atoms with E-state index in [1.165, 1.54) is 58.6 Å². The first-order valence-electron chi connectivity index (χ1n) is 7.97. The summed E-state index contributed by atoms with van der Waals surface area (Å²) in [4.78, 5) is 24.7. The fraction of sp³-hybridized carbons (Fsp3) is 0.263. The predicted octanol–water partition coefficient (Wildman–Crippen LogP) is 3.04. The third-order valence-corrected chi connectivity index (χ3v) is 3.67. The Hall–Kier alpha value is -3.29. The molecule has 2 aromatic rings. The molecule has 1 N–H and O–H groups in total. The lowest BCUT2D eigenvalue weighted by Crippen LogP contribution is -2.30. The van der Waals surface area contributed by atoms with Crippen molar-refractivity contribution in [1.29, 1.82) is 0 Å². The topological polar surface area (TPSA) is 83.1 Å². The van der Waals surface area contributed by atoms with Gasteiger partial charge in [-0.25, -0.2) is 9.18 Å². The van der Waals surface area contributed by atoms with Crippen molar-refractivity contribution >= 4 is 17.6 Å². The molecule has 0 radical (unpaired) electrons. The van der Waals surface area contributed by atoms with Crippen LogP contribution in [0.15, 0.2) is 36.4 Å². The zero-order valence-corrected chi connectivity index (χ0v) is 15.4. The van der Waals surface area contributed by atoms with E-state index in [0.29, 0.717) is 11.5 Å². The van der Waals surface area contributed by atoms with Gasteiger partial charge in [-0.3, -0.25) is 4.79 Å².